The Bertz CT molecular complexity index is 491. The fourth-order valence-corrected chi connectivity index (χ4v) is 1.35. The Kier molecular flexibility index (Phi) is 4.76. The van der Waals surface area contributed by atoms with Crippen molar-refractivity contribution < 1.29 is 14.1 Å². The minimum absolute atomic E-state index is 0.169. The van der Waals surface area contributed by atoms with E-state index in [0.717, 1.165) is 0 Å². The van der Waals surface area contributed by atoms with Crippen molar-refractivity contribution in [3.63, 3.8) is 0 Å². The number of nitrogens with two attached hydrogens (primary N) is 1. The molecule has 0 saturated heterocycles. The average molecular weight is 268 g/mol. The van der Waals surface area contributed by atoms with Gasteiger partial charge in [0.05, 0.1) is 17.8 Å². The molecule has 8 heteroatoms. The molecular formula is C11H16N4O4. The van der Waals surface area contributed by atoms with Crippen LogP contribution in [0, 0.1) is 10.1 Å². The van der Waals surface area contributed by atoms with Gasteiger partial charge in [0, 0.05) is 0 Å². The minimum atomic E-state index is -0.966. The van der Waals surface area contributed by atoms with Gasteiger partial charge in [0.15, 0.2) is 5.76 Å². The summed E-state index contributed by atoms with van der Waals surface area (Å²) in [6.07, 6.45) is 2.14. The number of carbonyl (C=O) groups is 1. The second kappa shape index (κ2) is 6.10. The summed E-state index contributed by atoms with van der Waals surface area (Å²) in [6.45, 7) is 3.62. The fraction of sp³-hybridized carbons (Fsp3) is 0.455. The second-order valence-electron chi connectivity index (χ2n) is 4.00. The topological polar surface area (TPSA) is 124 Å². The van der Waals surface area contributed by atoms with Crippen molar-refractivity contribution in [3.05, 3.63) is 28.0 Å². The number of nitrogens with zero attached hydrogens (tertiary/aromatic N) is 2. The first-order valence-corrected chi connectivity index (χ1v) is 5.79. The van der Waals surface area contributed by atoms with Crippen molar-refractivity contribution in [2.24, 2.45) is 10.8 Å². The molecule has 19 heavy (non-hydrogen) atoms. The molecule has 0 aliphatic heterocycles. The van der Waals surface area contributed by atoms with E-state index in [9.17, 15) is 14.9 Å². The number of furan rings is 1. The number of carbonyl (C=O) groups excluding carboxylic acids is 1. The van der Waals surface area contributed by atoms with E-state index in [4.69, 9.17) is 10.2 Å². The van der Waals surface area contributed by atoms with E-state index in [0.29, 0.717) is 12.8 Å². The van der Waals surface area contributed by atoms with Crippen LogP contribution in [0.3, 0.4) is 0 Å². The number of hydrogen-bond donors (Lipinski definition) is 2. The van der Waals surface area contributed by atoms with Crippen LogP contribution in [-0.4, -0.2) is 22.6 Å². The lowest BCUT2D eigenvalue weighted by Gasteiger charge is -2.23. The van der Waals surface area contributed by atoms with E-state index in [1.165, 1.54) is 18.3 Å². The van der Waals surface area contributed by atoms with Crippen molar-refractivity contribution in [2.75, 3.05) is 0 Å². The lowest BCUT2D eigenvalue weighted by atomic mass is 9.94. The SMILES string of the molecule is CCC(N)(CC)C(=O)N/N=C/c1ccc([N+](=O)[O-])o1. The van der Waals surface area contributed by atoms with Crippen LogP contribution < -0.4 is 11.2 Å². The number of hydrogen-bond acceptors (Lipinski definition) is 6. The number of amides is 1. The van der Waals surface area contributed by atoms with Gasteiger partial charge >= 0.3 is 5.88 Å². The normalized spacial score (nSPS) is 11.7. The maximum atomic E-state index is 11.7. The zero-order valence-electron chi connectivity index (χ0n) is 10.8. The van der Waals surface area contributed by atoms with Gasteiger partial charge in [-0.2, -0.15) is 5.10 Å². The van der Waals surface area contributed by atoms with Gasteiger partial charge in [0.25, 0.3) is 5.91 Å². The molecule has 1 aromatic rings. The standard InChI is InChI=1S/C11H16N4O4/c1-3-11(12,4-2)10(16)14-13-7-8-5-6-9(19-8)15(17)18/h5-7H,3-4,12H2,1-2H3,(H,14,16)/b13-7+. The highest BCUT2D eigenvalue weighted by Gasteiger charge is 2.29. The zero-order valence-corrected chi connectivity index (χ0v) is 10.8. The average Bonchev–Trinajstić information content (AvgIpc) is 2.86. The predicted molar refractivity (Wildman–Crippen MR) is 68.6 cm³/mol. The molecule has 3 N–H and O–H groups in total. The molecule has 0 atom stereocenters. The summed E-state index contributed by atoms with van der Waals surface area (Å²) in [4.78, 5) is 21.5. The lowest BCUT2D eigenvalue weighted by Crippen LogP contribution is -2.51. The van der Waals surface area contributed by atoms with Crippen molar-refractivity contribution >= 4 is 18.0 Å². The summed E-state index contributed by atoms with van der Waals surface area (Å²) < 4.78 is 4.83. The molecule has 0 saturated carbocycles. The first-order chi connectivity index (χ1) is 8.92. The number of hydrazone groups is 1. The highest BCUT2D eigenvalue weighted by atomic mass is 16.6. The van der Waals surface area contributed by atoms with Crippen LogP contribution in [0.2, 0.25) is 0 Å². The van der Waals surface area contributed by atoms with Gasteiger partial charge in [-0.1, -0.05) is 13.8 Å². The van der Waals surface area contributed by atoms with Gasteiger partial charge in [0.1, 0.15) is 4.92 Å². The molecule has 104 valence electrons. The van der Waals surface area contributed by atoms with Gasteiger partial charge in [-0.3, -0.25) is 14.9 Å². The summed E-state index contributed by atoms with van der Waals surface area (Å²) in [7, 11) is 0. The monoisotopic (exact) mass is 268 g/mol. The molecule has 1 heterocycles. The largest absolute Gasteiger partial charge is 0.433 e. The van der Waals surface area contributed by atoms with E-state index in [1.54, 1.807) is 0 Å². The molecule has 0 unspecified atom stereocenters. The third-order valence-electron chi connectivity index (χ3n) is 2.86. The molecule has 0 spiro atoms. The molecule has 1 rings (SSSR count). The molecule has 0 aliphatic rings. The summed E-state index contributed by atoms with van der Waals surface area (Å²) >= 11 is 0. The summed E-state index contributed by atoms with van der Waals surface area (Å²) in [5, 5.41) is 14.0. The van der Waals surface area contributed by atoms with E-state index in [2.05, 4.69) is 10.5 Å². The van der Waals surface area contributed by atoms with E-state index >= 15 is 0 Å². The Hall–Kier alpha value is -2.22. The summed E-state index contributed by atoms with van der Waals surface area (Å²) in [6, 6.07) is 2.58. The van der Waals surface area contributed by atoms with Crippen LogP contribution in [0.15, 0.2) is 21.7 Å². The van der Waals surface area contributed by atoms with Crippen LogP contribution in [0.5, 0.6) is 0 Å². The highest BCUT2D eigenvalue weighted by Crippen LogP contribution is 2.14. The Morgan fingerprint density at radius 1 is 1.58 bits per heavy atom. The smallest absolute Gasteiger partial charge is 0.400 e. The molecule has 0 aliphatic carbocycles. The minimum Gasteiger partial charge on any atom is -0.400 e. The second-order valence-corrected chi connectivity index (χ2v) is 4.00. The Labute approximate surface area is 109 Å². The van der Waals surface area contributed by atoms with Crippen molar-refractivity contribution in [2.45, 2.75) is 32.2 Å². The van der Waals surface area contributed by atoms with Crippen molar-refractivity contribution in [1.82, 2.24) is 5.43 Å². The molecule has 0 radical (unpaired) electrons. The third-order valence-corrected chi connectivity index (χ3v) is 2.86. The zero-order chi connectivity index (χ0) is 14.5. The van der Waals surface area contributed by atoms with E-state index in [-0.39, 0.29) is 11.6 Å². The van der Waals surface area contributed by atoms with Gasteiger partial charge in [-0.15, -0.1) is 0 Å². The molecule has 0 fully saturated rings. The van der Waals surface area contributed by atoms with Crippen LogP contribution >= 0.6 is 0 Å². The van der Waals surface area contributed by atoms with Crippen LogP contribution in [0.1, 0.15) is 32.4 Å². The van der Waals surface area contributed by atoms with Crippen molar-refractivity contribution in [3.8, 4) is 0 Å². The van der Waals surface area contributed by atoms with Gasteiger partial charge < -0.3 is 10.2 Å². The maximum Gasteiger partial charge on any atom is 0.433 e. The Morgan fingerprint density at radius 3 is 2.68 bits per heavy atom. The highest BCUT2D eigenvalue weighted by molar-refractivity contribution is 5.87. The molecule has 8 nitrogen and oxygen atoms in total. The van der Waals surface area contributed by atoms with E-state index in [1.807, 2.05) is 13.8 Å². The number of nitrogens with one attached hydrogen (secondary N) is 1. The summed E-state index contributed by atoms with van der Waals surface area (Å²) in [5.74, 6) is -0.625. The number of rotatable bonds is 6. The van der Waals surface area contributed by atoms with Crippen LogP contribution in [0.4, 0.5) is 5.88 Å². The summed E-state index contributed by atoms with van der Waals surface area (Å²) in [5.41, 5.74) is 7.19. The Balaban J connectivity index is 2.63. The fourth-order valence-electron chi connectivity index (χ4n) is 1.35. The number of nitro groups is 1. The molecule has 1 amide bonds. The first-order valence-electron chi connectivity index (χ1n) is 5.79. The molecular weight excluding hydrogens is 252 g/mol. The van der Waals surface area contributed by atoms with E-state index < -0.39 is 16.4 Å². The van der Waals surface area contributed by atoms with Gasteiger partial charge in [0.2, 0.25) is 0 Å². The van der Waals surface area contributed by atoms with Gasteiger partial charge in [-0.05, 0) is 18.9 Å². The van der Waals surface area contributed by atoms with Gasteiger partial charge in [-0.25, -0.2) is 5.43 Å². The Morgan fingerprint density at radius 2 is 2.21 bits per heavy atom. The third kappa shape index (κ3) is 3.62. The molecule has 0 bridgehead atoms. The maximum absolute atomic E-state index is 11.7. The quantitative estimate of drug-likeness (QED) is 0.455. The van der Waals surface area contributed by atoms with Crippen molar-refractivity contribution in [1.29, 1.82) is 0 Å². The molecule has 0 aromatic carbocycles. The van der Waals surface area contributed by atoms with Crippen LogP contribution in [0.25, 0.3) is 0 Å². The lowest BCUT2D eigenvalue weighted by molar-refractivity contribution is -0.402. The van der Waals surface area contributed by atoms with Crippen LogP contribution in [-0.2, 0) is 4.79 Å². The predicted octanol–water partition coefficient (Wildman–Crippen LogP) is 1.16. The first kappa shape index (κ1) is 14.8. The molecule has 1 aromatic heterocycles.